The summed E-state index contributed by atoms with van der Waals surface area (Å²) in [7, 11) is 3.61. The smallest absolute Gasteiger partial charge is 0.315 e. The first-order chi connectivity index (χ1) is 11.9. The Morgan fingerprint density at radius 2 is 1.92 bits per heavy atom. The van der Waals surface area contributed by atoms with Crippen LogP contribution in [0.3, 0.4) is 0 Å². The quantitative estimate of drug-likeness (QED) is 0.0681. The van der Waals surface area contributed by atoms with Gasteiger partial charge in [0.2, 0.25) is 0 Å². The Morgan fingerprint density at radius 3 is 2.60 bits per heavy atom. The molecule has 0 saturated heterocycles. The van der Waals surface area contributed by atoms with E-state index in [0.29, 0.717) is 23.1 Å². The molecule has 3 N–H and O–H groups in total. The van der Waals surface area contributed by atoms with Crippen LogP contribution < -0.4 is 16.0 Å². The third-order valence-electron chi connectivity index (χ3n) is 2.75. The summed E-state index contributed by atoms with van der Waals surface area (Å²) < 4.78 is 6.27. The van der Waals surface area contributed by atoms with Crippen LogP contribution in [0.4, 0.5) is 4.79 Å². The molecule has 0 bridgehead atoms. The van der Waals surface area contributed by atoms with E-state index in [9.17, 15) is 4.79 Å². The summed E-state index contributed by atoms with van der Waals surface area (Å²) >= 11 is 2.36. The third kappa shape index (κ3) is 20.3. The highest BCUT2D eigenvalue weighted by Crippen LogP contribution is 2.26. The Kier molecular flexibility index (Phi) is 17.7. The van der Waals surface area contributed by atoms with E-state index in [-0.39, 0.29) is 11.5 Å². The molecule has 0 fully saturated rings. The van der Waals surface area contributed by atoms with E-state index in [1.54, 1.807) is 10.8 Å². The lowest BCUT2D eigenvalue weighted by Gasteiger charge is -2.12. The van der Waals surface area contributed by atoms with Gasteiger partial charge >= 0.3 is 6.03 Å². The number of unbranched alkanes of at least 4 members (excludes halogenated alkanes) is 1. The molecule has 0 saturated carbocycles. The fourth-order valence-electron chi connectivity index (χ4n) is 1.59. The summed E-state index contributed by atoms with van der Waals surface area (Å²) in [6, 6.07) is -0.159. The molecule has 8 heteroatoms. The number of carbonyl (C=O) groups excluding carboxylic acids is 1. The summed E-state index contributed by atoms with van der Waals surface area (Å²) in [6.07, 6.45) is 1.85. The Hall–Kier alpha value is 0.180. The standard InChI is InChI=1S/C17H32IN3O2S2/c1-14(2)8-7-10-21-17(22)20-9-5-6-12-23-16(4)25-24-13-11-19-15(3)18/h14-16,19H,5-6,9-13H2,1-4H3,(H2,20,21,22)/t15-,16?/m1/s1. The zero-order chi connectivity index (χ0) is 18.9. The largest absolute Gasteiger partial charge is 0.367 e. The highest BCUT2D eigenvalue weighted by Gasteiger charge is 2.03. The third-order valence-corrected chi connectivity index (χ3v) is 5.83. The van der Waals surface area contributed by atoms with Crippen LogP contribution in [0.15, 0.2) is 0 Å². The molecule has 0 aliphatic rings. The monoisotopic (exact) mass is 501 g/mol. The summed E-state index contributed by atoms with van der Waals surface area (Å²) in [5, 5.41) is 8.93. The normalized spacial score (nSPS) is 13.0. The maximum atomic E-state index is 11.5. The van der Waals surface area contributed by atoms with Gasteiger partial charge in [-0.1, -0.05) is 69.9 Å². The number of amides is 2. The molecule has 2 amide bonds. The molecule has 146 valence electrons. The number of halogens is 1. The second kappa shape index (κ2) is 17.6. The number of hydrogen-bond donors (Lipinski definition) is 3. The molecular formula is C17H32IN3O2S2. The number of rotatable bonds is 13. The van der Waals surface area contributed by atoms with Gasteiger partial charge in [-0.15, -0.1) is 0 Å². The molecule has 0 aromatic rings. The van der Waals surface area contributed by atoms with Crippen molar-refractivity contribution in [2.24, 2.45) is 5.92 Å². The lowest BCUT2D eigenvalue weighted by molar-refractivity contribution is 0.121. The van der Waals surface area contributed by atoms with Crippen LogP contribution in [0, 0.1) is 17.8 Å². The Balaban J connectivity index is 3.39. The first-order valence-electron chi connectivity index (χ1n) is 8.69. The van der Waals surface area contributed by atoms with Gasteiger partial charge in [0, 0.05) is 31.4 Å². The summed E-state index contributed by atoms with van der Waals surface area (Å²) in [4.78, 5) is 11.5. The SMILES string of the molecule is CC(C)C#CCNC(=O)NCCCCOC(C)SSCCN[C@H](C)I. The van der Waals surface area contributed by atoms with Gasteiger partial charge in [0.1, 0.15) is 5.44 Å². The van der Waals surface area contributed by atoms with Gasteiger partial charge in [0.15, 0.2) is 0 Å². The Bertz CT molecular complexity index is 401. The van der Waals surface area contributed by atoms with Crippen LogP contribution in [0.2, 0.25) is 0 Å². The van der Waals surface area contributed by atoms with E-state index in [2.05, 4.69) is 64.2 Å². The molecule has 25 heavy (non-hydrogen) atoms. The van der Waals surface area contributed by atoms with E-state index in [4.69, 9.17) is 4.74 Å². The molecule has 0 aromatic carbocycles. The van der Waals surface area contributed by atoms with Crippen molar-refractivity contribution >= 4 is 50.2 Å². The molecule has 2 atom stereocenters. The van der Waals surface area contributed by atoms with E-state index in [0.717, 1.165) is 31.7 Å². The predicted octanol–water partition coefficient (Wildman–Crippen LogP) is 3.84. The lowest BCUT2D eigenvalue weighted by atomic mass is 10.2. The van der Waals surface area contributed by atoms with Gasteiger partial charge in [-0.05, 0) is 26.7 Å². The van der Waals surface area contributed by atoms with E-state index >= 15 is 0 Å². The fourth-order valence-corrected chi connectivity index (χ4v) is 3.82. The van der Waals surface area contributed by atoms with E-state index < -0.39 is 0 Å². The van der Waals surface area contributed by atoms with Crippen molar-refractivity contribution in [3.63, 3.8) is 0 Å². The van der Waals surface area contributed by atoms with Crippen molar-refractivity contribution in [2.75, 3.05) is 32.0 Å². The van der Waals surface area contributed by atoms with Crippen molar-refractivity contribution in [1.29, 1.82) is 0 Å². The predicted molar refractivity (Wildman–Crippen MR) is 120 cm³/mol. The molecule has 0 rings (SSSR count). The second-order valence-electron chi connectivity index (χ2n) is 5.72. The number of alkyl halides is 1. The first-order valence-corrected chi connectivity index (χ1v) is 12.3. The molecule has 0 heterocycles. The first kappa shape index (κ1) is 25.2. The number of hydrogen-bond acceptors (Lipinski definition) is 5. The average molecular weight is 502 g/mol. The van der Waals surface area contributed by atoms with Crippen molar-refractivity contribution in [3.8, 4) is 11.8 Å². The van der Waals surface area contributed by atoms with Crippen molar-refractivity contribution < 1.29 is 9.53 Å². The van der Waals surface area contributed by atoms with Crippen LogP contribution in [-0.4, -0.2) is 47.5 Å². The van der Waals surface area contributed by atoms with Gasteiger partial charge in [-0.2, -0.15) is 0 Å². The molecule has 0 radical (unpaired) electrons. The number of nitrogens with one attached hydrogen (secondary N) is 3. The van der Waals surface area contributed by atoms with Crippen LogP contribution in [0.25, 0.3) is 0 Å². The molecule has 1 unspecified atom stereocenters. The summed E-state index contributed by atoms with van der Waals surface area (Å²) in [5.41, 5.74) is 0.192. The van der Waals surface area contributed by atoms with Crippen LogP contribution in [0.1, 0.15) is 40.5 Å². The fraction of sp³-hybridized carbons (Fsp3) is 0.824. The maximum Gasteiger partial charge on any atom is 0.315 e. The highest BCUT2D eigenvalue weighted by atomic mass is 127. The van der Waals surface area contributed by atoms with Gasteiger partial charge in [0.05, 0.1) is 10.6 Å². The lowest BCUT2D eigenvalue weighted by Crippen LogP contribution is -2.36. The minimum atomic E-state index is -0.159. The average Bonchev–Trinajstić information content (AvgIpc) is 2.54. The molecule has 0 aromatic heterocycles. The van der Waals surface area contributed by atoms with Gasteiger partial charge in [-0.25, -0.2) is 4.79 Å². The molecule has 0 aliphatic heterocycles. The molecular weight excluding hydrogens is 469 g/mol. The van der Waals surface area contributed by atoms with Gasteiger partial charge in [-0.3, -0.25) is 0 Å². The van der Waals surface area contributed by atoms with Crippen molar-refractivity contribution in [1.82, 2.24) is 16.0 Å². The van der Waals surface area contributed by atoms with Crippen LogP contribution in [0.5, 0.6) is 0 Å². The van der Waals surface area contributed by atoms with Crippen LogP contribution in [-0.2, 0) is 4.74 Å². The Labute approximate surface area is 174 Å². The molecule has 0 aliphatic carbocycles. The van der Waals surface area contributed by atoms with Crippen molar-refractivity contribution in [3.05, 3.63) is 0 Å². The zero-order valence-electron chi connectivity index (χ0n) is 15.7. The maximum absolute atomic E-state index is 11.5. The van der Waals surface area contributed by atoms with Crippen molar-refractivity contribution in [2.45, 2.75) is 50.0 Å². The minimum Gasteiger partial charge on any atom is -0.367 e. The number of urea groups is 1. The van der Waals surface area contributed by atoms with Crippen LogP contribution >= 0.6 is 44.2 Å². The highest BCUT2D eigenvalue weighted by molar-refractivity contribution is 14.1. The number of carbonyl (C=O) groups is 1. The van der Waals surface area contributed by atoms with Gasteiger partial charge < -0.3 is 20.7 Å². The molecule has 5 nitrogen and oxygen atoms in total. The minimum absolute atomic E-state index is 0.159. The van der Waals surface area contributed by atoms with E-state index in [1.807, 2.05) is 24.6 Å². The summed E-state index contributed by atoms with van der Waals surface area (Å²) in [6.45, 7) is 11.1. The Morgan fingerprint density at radius 1 is 1.16 bits per heavy atom. The topological polar surface area (TPSA) is 62.4 Å². The van der Waals surface area contributed by atoms with Gasteiger partial charge in [0.25, 0.3) is 0 Å². The molecule has 0 spiro atoms. The van der Waals surface area contributed by atoms with E-state index in [1.165, 1.54) is 0 Å². The number of ether oxygens (including phenoxy) is 1. The zero-order valence-corrected chi connectivity index (χ0v) is 19.5. The summed E-state index contributed by atoms with van der Waals surface area (Å²) in [5.74, 6) is 7.33. The second-order valence-corrected chi connectivity index (χ2v) is 10.4.